The van der Waals surface area contributed by atoms with E-state index in [1.54, 1.807) is 6.07 Å². The minimum Gasteiger partial charge on any atom is -0.313 e. The molecule has 1 heterocycles. The topological polar surface area (TPSA) is 22.0 Å². The van der Waals surface area contributed by atoms with Crippen LogP contribution in [0.15, 0.2) is 53.0 Å². The molecule has 3 aromatic rings. The van der Waals surface area contributed by atoms with Crippen molar-refractivity contribution in [2.24, 2.45) is 5.92 Å². The first-order valence-electron chi connectivity index (χ1n) is 8.43. The lowest BCUT2D eigenvalue weighted by Gasteiger charge is -2.21. The van der Waals surface area contributed by atoms with E-state index in [9.17, 15) is 4.79 Å². The van der Waals surface area contributed by atoms with Gasteiger partial charge >= 0.3 is 0 Å². The highest BCUT2D eigenvalue weighted by Crippen LogP contribution is 2.37. The summed E-state index contributed by atoms with van der Waals surface area (Å²) >= 11 is 15.9. The van der Waals surface area contributed by atoms with Gasteiger partial charge in [0.25, 0.3) is 0 Å². The molecule has 1 aliphatic rings. The Balaban J connectivity index is 1.99. The van der Waals surface area contributed by atoms with Crippen LogP contribution in [0, 0.1) is 5.92 Å². The molecule has 0 spiro atoms. The Kier molecular flexibility index (Phi) is 4.72. The Morgan fingerprint density at radius 2 is 1.73 bits per heavy atom. The third-order valence-corrected chi connectivity index (χ3v) is 6.05. The van der Waals surface area contributed by atoms with Crippen LogP contribution >= 0.6 is 39.1 Å². The van der Waals surface area contributed by atoms with Crippen LogP contribution in [0.1, 0.15) is 29.4 Å². The summed E-state index contributed by atoms with van der Waals surface area (Å²) in [5.74, 6) is 0.528. The van der Waals surface area contributed by atoms with Crippen LogP contribution in [-0.4, -0.2) is 10.4 Å². The lowest BCUT2D eigenvalue weighted by atomic mass is 9.88. The maximum atomic E-state index is 12.6. The van der Waals surface area contributed by atoms with Crippen molar-refractivity contribution in [3.63, 3.8) is 0 Å². The zero-order chi connectivity index (χ0) is 18.4. The Labute approximate surface area is 170 Å². The first-order chi connectivity index (χ1) is 12.4. The molecule has 0 aliphatic heterocycles. The molecular formula is C21H16BrCl2NO. The van der Waals surface area contributed by atoms with Gasteiger partial charge in [-0.2, -0.15) is 0 Å². The van der Waals surface area contributed by atoms with E-state index >= 15 is 0 Å². The monoisotopic (exact) mass is 447 g/mol. The summed E-state index contributed by atoms with van der Waals surface area (Å²) in [5.41, 5.74) is 4.81. The predicted octanol–water partition coefficient (Wildman–Crippen LogP) is 6.98. The maximum absolute atomic E-state index is 12.6. The van der Waals surface area contributed by atoms with Crippen LogP contribution in [-0.2, 0) is 6.42 Å². The molecule has 0 bridgehead atoms. The van der Waals surface area contributed by atoms with E-state index in [1.165, 1.54) is 0 Å². The van der Waals surface area contributed by atoms with E-state index in [1.807, 2.05) is 42.5 Å². The summed E-state index contributed by atoms with van der Waals surface area (Å²) < 4.78 is 3.16. The molecule has 2 aromatic carbocycles. The number of carbonyl (C=O) groups is 1. The summed E-state index contributed by atoms with van der Waals surface area (Å²) in [6, 6.07) is 15.7. The number of hydrogen-bond donors (Lipinski definition) is 0. The summed E-state index contributed by atoms with van der Waals surface area (Å²) in [6.45, 7) is 2.12. The third-order valence-electron chi connectivity index (χ3n) is 4.78. The molecule has 0 amide bonds. The van der Waals surface area contributed by atoms with Gasteiger partial charge < -0.3 is 4.57 Å². The number of halogens is 3. The molecule has 4 rings (SSSR count). The number of rotatable bonds is 2. The molecule has 1 aromatic heterocycles. The van der Waals surface area contributed by atoms with Crippen molar-refractivity contribution in [3.8, 4) is 16.9 Å². The number of Topliss-reactive ketones (excluding diaryl/α,β-unsaturated/α-hetero) is 1. The van der Waals surface area contributed by atoms with E-state index in [0.717, 1.165) is 39.1 Å². The number of hydrogen-bond acceptors (Lipinski definition) is 1. The van der Waals surface area contributed by atoms with Gasteiger partial charge in [-0.15, -0.1) is 0 Å². The fourth-order valence-electron chi connectivity index (χ4n) is 3.57. The zero-order valence-corrected chi connectivity index (χ0v) is 17.2. The Hall–Kier alpha value is -1.55. The SMILES string of the molecule is C[C@H]1CC(=O)c2cc(-c3ccc(Br)cc3)n(-c3ccc(Cl)c(Cl)c3)c2C1. The Morgan fingerprint density at radius 1 is 1.00 bits per heavy atom. The summed E-state index contributed by atoms with van der Waals surface area (Å²) in [4.78, 5) is 12.6. The third kappa shape index (κ3) is 3.13. The van der Waals surface area contributed by atoms with Gasteiger partial charge in [0.1, 0.15) is 0 Å². The van der Waals surface area contributed by atoms with Gasteiger partial charge in [0.15, 0.2) is 5.78 Å². The van der Waals surface area contributed by atoms with Crippen LogP contribution in [0.5, 0.6) is 0 Å². The lowest BCUT2D eigenvalue weighted by molar-refractivity contribution is 0.0952. The number of nitrogens with zero attached hydrogens (tertiary/aromatic N) is 1. The Morgan fingerprint density at radius 3 is 2.42 bits per heavy atom. The average Bonchev–Trinajstić information content (AvgIpc) is 2.98. The minimum absolute atomic E-state index is 0.205. The molecule has 0 saturated heterocycles. The second kappa shape index (κ2) is 6.88. The number of fused-ring (bicyclic) bond motifs is 1. The zero-order valence-electron chi connectivity index (χ0n) is 14.1. The minimum atomic E-state index is 0.205. The van der Waals surface area contributed by atoms with Gasteiger partial charge in [-0.05, 0) is 54.3 Å². The van der Waals surface area contributed by atoms with Crippen molar-refractivity contribution in [2.75, 3.05) is 0 Å². The summed E-state index contributed by atoms with van der Waals surface area (Å²) in [5, 5.41) is 1.02. The van der Waals surface area contributed by atoms with E-state index < -0.39 is 0 Å². The van der Waals surface area contributed by atoms with E-state index in [-0.39, 0.29) is 5.78 Å². The van der Waals surface area contributed by atoms with Crippen molar-refractivity contribution < 1.29 is 4.79 Å². The first kappa shape index (κ1) is 17.8. The number of benzene rings is 2. The van der Waals surface area contributed by atoms with Crippen molar-refractivity contribution in [1.29, 1.82) is 0 Å². The fraction of sp³-hybridized carbons (Fsp3) is 0.190. The van der Waals surface area contributed by atoms with E-state index in [4.69, 9.17) is 23.2 Å². The maximum Gasteiger partial charge on any atom is 0.164 e. The molecule has 132 valence electrons. The number of aromatic nitrogens is 1. The summed E-state index contributed by atoms with van der Waals surface area (Å²) in [6.07, 6.45) is 1.45. The van der Waals surface area contributed by atoms with E-state index in [2.05, 4.69) is 27.4 Å². The van der Waals surface area contributed by atoms with Crippen LogP contribution in [0.25, 0.3) is 16.9 Å². The van der Waals surface area contributed by atoms with Gasteiger partial charge in [0.2, 0.25) is 0 Å². The van der Waals surface area contributed by atoms with Gasteiger partial charge in [0, 0.05) is 27.8 Å². The molecule has 0 unspecified atom stereocenters. The fourth-order valence-corrected chi connectivity index (χ4v) is 4.13. The normalized spacial score (nSPS) is 16.6. The highest BCUT2D eigenvalue weighted by Gasteiger charge is 2.28. The Bertz CT molecular complexity index is 1010. The highest BCUT2D eigenvalue weighted by molar-refractivity contribution is 9.10. The van der Waals surface area contributed by atoms with E-state index in [0.29, 0.717) is 22.4 Å². The molecular weight excluding hydrogens is 433 g/mol. The quantitative estimate of drug-likeness (QED) is 0.414. The molecule has 26 heavy (non-hydrogen) atoms. The van der Waals surface area contributed by atoms with Gasteiger partial charge in [-0.1, -0.05) is 58.2 Å². The van der Waals surface area contributed by atoms with Crippen molar-refractivity contribution in [1.82, 2.24) is 4.57 Å². The molecule has 0 N–H and O–H groups in total. The molecule has 0 fully saturated rings. The molecule has 2 nitrogen and oxygen atoms in total. The summed E-state index contributed by atoms with van der Waals surface area (Å²) in [7, 11) is 0. The first-order valence-corrected chi connectivity index (χ1v) is 9.98. The number of carbonyl (C=O) groups excluding carboxylic acids is 1. The largest absolute Gasteiger partial charge is 0.313 e. The van der Waals surface area contributed by atoms with Gasteiger partial charge in [-0.3, -0.25) is 4.79 Å². The highest BCUT2D eigenvalue weighted by atomic mass is 79.9. The average molecular weight is 449 g/mol. The van der Waals surface area contributed by atoms with Crippen molar-refractivity contribution in [3.05, 3.63) is 74.3 Å². The number of ketones is 1. The second-order valence-corrected chi connectivity index (χ2v) is 8.50. The van der Waals surface area contributed by atoms with Crippen LogP contribution < -0.4 is 0 Å². The molecule has 1 aliphatic carbocycles. The molecule has 0 radical (unpaired) electrons. The molecule has 5 heteroatoms. The van der Waals surface area contributed by atoms with Crippen LogP contribution in [0.2, 0.25) is 10.0 Å². The van der Waals surface area contributed by atoms with Gasteiger partial charge in [-0.25, -0.2) is 0 Å². The molecule has 0 saturated carbocycles. The van der Waals surface area contributed by atoms with Crippen molar-refractivity contribution in [2.45, 2.75) is 19.8 Å². The predicted molar refractivity (Wildman–Crippen MR) is 111 cm³/mol. The smallest absolute Gasteiger partial charge is 0.164 e. The van der Waals surface area contributed by atoms with Crippen LogP contribution in [0.3, 0.4) is 0 Å². The molecule has 1 atom stereocenters. The van der Waals surface area contributed by atoms with Gasteiger partial charge in [0.05, 0.1) is 15.7 Å². The van der Waals surface area contributed by atoms with Crippen LogP contribution in [0.4, 0.5) is 0 Å². The standard InChI is InChI=1S/C21H16BrCl2NO/c1-12-8-20-16(21(26)9-12)11-19(13-2-4-14(22)5-3-13)25(20)15-6-7-17(23)18(24)10-15/h2-7,10-12H,8-9H2,1H3/t12-/m1/s1. The lowest BCUT2D eigenvalue weighted by Crippen LogP contribution is -2.19. The second-order valence-electron chi connectivity index (χ2n) is 6.77. The van der Waals surface area contributed by atoms with Crippen molar-refractivity contribution >= 4 is 44.9 Å².